The molecule has 0 fully saturated rings. The summed E-state index contributed by atoms with van der Waals surface area (Å²) in [6.07, 6.45) is 1.72. The lowest BCUT2D eigenvalue weighted by atomic mass is 9.94. The number of aromatic nitrogens is 4. The van der Waals surface area contributed by atoms with Gasteiger partial charge in [-0.05, 0) is 37.6 Å². The van der Waals surface area contributed by atoms with Crippen molar-refractivity contribution in [2.75, 3.05) is 10.6 Å². The van der Waals surface area contributed by atoms with Crippen molar-refractivity contribution in [2.24, 2.45) is 0 Å². The van der Waals surface area contributed by atoms with Crippen LogP contribution in [0.5, 0.6) is 0 Å². The van der Waals surface area contributed by atoms with Crippen LogP contribution in [0.4, 0.5) is 11.5 Å². The summed E-state index contributed by atoms with van der Waals surface area (Å²) in [5.74, 6) is 0.522. The van der Waals surface area contributed by atoms with Crippen molar-refractivity contribution >= 4 is 28.3 Å². The zero-order valence-electron chi connectivity index (χ0n) is 17.2. The van der Waals surface area contributed by atoms with Gasteiger partial charge in [0.1, 0.15) is 11.9 Å². The molecule has 8 heteroatoms. The number of benzene rings is 2. The van der Waals surface area contributed by atoms with Gasteiger partial charge in [-0.1, -0.05) is 29.8 Å². The van der Waals surface area contributed by atoms with Crippen LogP contribution in [0.2, 0.25) is 0 Å². The standard InChI is InChI=1S/C23H22N6O2/c1-13-3-5-15(6-4-13)22-21(14(2)25-20-10-18(12-30)28-29(20)22)23(31)26-17-7-8-19-16(9-17)11-24-27-19/h3-11,22,25,30H,12H2,1-2H3,(H,24,27)(H,26,31). The number of carbonyl (C=O) groups is 1. The Morgan fingerprint density at radius 2 is 1.97 bits per heavy atom. The Balaban J connectivity index is 1.56. The quantitative estimate of drug-likeness (QED) is 0.409. The van der Waals surface area contributed by atoms with E-state index in [1.165, 1.54) is 0 Å². The number of rotatable bonds is 4. The third kappa shape index (κ3) is 3.36. The Hall–Kier alpha value is -3.91. The zero-order valence-corrected chi connectivity index (χ0v) is 17.2. The molecule has 1 amide bonds. The van der Waals surface area contributed by atoms with Crippen molar-refractivity contribution in [1.29, 1.82) is 0 Å². The highest BCUT2D eigenvalue weighted by Gasteiger charge is 2.33. The number of aryl methyl sites for hydroxylation is 1. The molecule has 0 saturated heterocycles. The van der Waals surface area contributed by atoms with Crippen LogP contribution in [0.1, 0.15) is 29.8 Å². The highest BCUT2D eigenvalue weighted by atomic mass is 16.3. The first-order valence-electron chi connectivity index (χ1n) is 10.0. The molecular weight excluding hydrogens is 392 g/mol. The van der Waals surface area contributed by atoms with Crippen molar-refractivity contribution in [2.45, 2.75) is 26.5 Å². The van der Waals surface area contributed by atoms with E-state index in [0.29, 0.717) is 17.0 Å². The van der Waals surface area contributed by atoms with Crippen LogP contribution in [0.15, 0.2) is 66.0 Å². The molecule has 0 radical (unpaired) electrons. The first kappa shape index (κ1) is 19.1. The van der Waals surface area contributed by atoms with E-state index in [1.807, 2.05) is 56.3 Å². The van der Waals surface area contributed by atoms with E-state index in [0.717, 1.165) is 33.5 Å². The second kappa shape index (κ2) is 7.41. The molecule has 31 heavy (non-hydrogen) atoms. The summed E-state index contributed by atoms with van der Waals surface area (Å²) >= 11 is 0. The molecule has 1 atom stereocenters. The van der Waals surface area contributed by atoms with Gasteiger partial charge >= 0.3 is 0 Å². The number of aliphatic hydroxyl groups excluding tert-OH is 1. The summed E-state index contributed by atoms with van der Waals surface area (Å²) in [5.41, 5.74) is 5.51. The van der Waals surface area contributed by atoms with Crippen LogP contribution in [0, 0.1) is 6.92 Å². The van der Waals surface area contributed by atoms with Gasteiger partial charge in [-0.3, -0.25) is 9.89 Å². The predicted octanol–water partition coefficient (Wildman–Crippen LogP) is 3.49. The van der Waals surface area contributed by atoms with E-state index in [1.54, 1.807) is 16.9 Å². The molecule has 1 aliphatic heterocycles. The SMILES string of the molecule is CC1=C(C(=O)Nc2ccc3[nH]ncc3c2)C(c2ccc(C)cc2)n2nc(CO)cc2N1. The van der Waals surface area contributed by atoms with Crippen LogP contribution in [-0.2, 0) is 11.4 Å². The van der Waals surface area contributed by atoms with Crippen LogP contribution in [0.25, 0.3) is 10.9 Å². The van der Waals surface area contributed by atoms with Crippen molar-refractivity contribution in [3.05, 3.63) is 82.8 Å². The number of fused-ring (bicyclic) bond motifs is 2. The third-order valence-electron chi connectivity index (χ3n) is 5.52. The molecule has 156 valence electrons. The summed E-state index contributed by atoms with van der Waals surface area (Å²) in [7, 11) is 0. The minimum Gasteiger partial charge on any atom is -0.390 e. The van der Waals surface area contributed by atoms with E-state index < -0.39 is 6.04 Å². The van der Waals surface area contributed by atoms with Gasteiger partial charge in [0.15, 0.2) is 0 Å². The van der Waals surface area contributed by atoms with Gasteiger partial charge in [0.05, 0.1) is 29.6 Å². The lowest BCUT2D eigenvalue weighted by Crippen LogP contribution is -2.31. The molecule has 3 heterocycles. The number of anilines is 2. The van der Waals surface area contributed by atoms with Gasteiger partial charge in [-0.25, -0.2) is 4.68 Å². The summed E-state index contributed by atoms with van der Waals surface area (Å²) in [6, 6.07) is 15.0. The summed E-state index contributed by atoms with van der Waals surface area (Å²) in [5, 5.41) is 28.3. The van der Waals surface area contributed by atoms with Crippen LogP contribution in [0.3, 0.4) is 0 Å². The molecule has 0 spiro atoms. The molecule has 1 aliphatic rings. The van der Waals surface area contributed by atoms with E-state index in [4.69, 9.17) is 0 Å². The number of nitrogens with zero attached hydrogens (tertiary/aromatic N) is 3. The number of carbonyl (C=O) groups excluding carboxylic acids is 1. The Bertz CT molecular complexity index is 1320. The zero-order chi connectivity index (χ0) is 21.5. The van der Waals surface area contributed by atoms with Crippen LogP contribution < -0.4 is 10.6 Å². The average molecular weight is 414 g/mol. The van der Waals surface area contributed by atoms with Gasteiger partial charge in [0.25, 0.3) is 5.91 Å². The fourth-order valence-corrected chi connectivity index (χ4v) is 3.97. The Morgan fingerprint density at radius 3 is 2.74 bits per heavy atom. The van der Waals surface area contributed by atoms with Crippen LogP contribution >= 0.6 is 0 Å². The smallest absolute Gasteiger partial charge is 0.255 e. The second-order valence-corrected chi connectivity index (χ2v) is 7.73. The average Bonchev–Trinajstić information content (AvgIpc) is 3.39. The van der Waals surface area contributed by atoms with Crippen molar-refractivity contribution in [3.8, 4) is 0 Å². The second-order valence-electron chi connectivity index (χ2n) is 7.73. The number of hydrogen-bond donors (Lipinski definition) is 4. The summed E-state index contributed by atoms with van der Waals surface area (Å²) < 4.78 is 1.76. The molecule has 2 aromatic carbocycles. The van der Waals surface area contributed by atoms with Crippen molar-refractivity contribution < 1.29 is 9.90 Å². The maximum atomic E-state index is 13.5. The number of hydrogen-bond acceptors (Lipinski definition) is 5. The van der Waals surface area contributed by atoms with Gasteiger partial charge in [-0.15, -0.1) is 0 Å². The van der Waals surface area contributed by atoms with E-state index in [-0.39, 0.29) is 12.5 Å². The molecule has 0 aliphatic carbocycles. The molecule has 2 aromatic heterocycles. The topological polar surface area (TPSA) is 108 Å². The van der Waals surface area contributed by atoms with Crippen molar-refractivity contribution in [3.63, 3.8) is 0 Å². The molecule has 0 bridgehead atoms. The molecule has 4 aromatic rings. The highest BCUT2D eigenvalue weighted by molar-refractivity contribution is 6.06. The van der Waals surface area contributed by atoms with Gasteiger partial charge < -0.3 is 15.7 Å². The Morgan fingerprint density at radius 1 is 1.16 bits per heavy atom. The number of nitrogens with one attached hydrogen (secondary N) is 3. The summed E-state index contributed by atoms with van der Waals surface area (Å²) in [6.45, 7) is 3.73. The molecule has 4 N–H and O–H groups in total. The minimum absolute atomic E-state index is 0.173. The molecule has 8 nitrogen and oxygen atoms in total. The molecular formula is C23H22N6O2. The number of H-pyrrole nitrogens is 1. The normalized spacial score (nSPS) is 15.6. The summed E-state index contributed by atoms with van der Waals surface area (Å²) in [4.78, 5) is 13.5. The van der Waals surface area contributed by atoms with Gasteiger partial charge in [0.2, 0.25) is 0 Å². The van der Waals surface area contributed by atoms with Crippen molar-refractivity contribution in [1.82, 2.24) is 20.0 Å². The first-order valence-corrected chi connectivity index (χ1v) is 10.0. The number of aliphatic hydroxyl groups is 1. The highest BCUT2D eigenvalue weighted by Crippen LogP contribution is 2.37. The lowest BCUT2D eigenvalue weighted by molar-refractivity contribution is -0.113. The minimum atomic E-state index is -0.421. The molecule has 1 unspecified atom stereocenters. The maximum absolute atomic E-state index is 13.5. The van der Waals surface area contributed by atoms with E-state index in [9.17, 15) is 9.90 Å². The number of allylic oxidation sites excluding steroid dienone is 1. The van der Waals surface area contributed by atoms with Crippen LogP contribution in [-0.4, -0.2) is 31.0 Å². The fraction of sp³-hybridized carbons (Fsp3) is 0.174. The monoisotopic (exact) mass is 414 g/mol. The molecule has 5 rings (SSSR count). The fourth-order valence-electron chi connectivity index (χ4n) is 3.97. The third-order valence-corrected chi connectivity index (χ3v) is 5.52. The number of amides is 1. The first-order chi connectivity index (χ1) is 15.0. The van der Waals surface area contributed by atoms with E-state index >= 15 is 0 Å². The Kier molecular flexibility index (Phi) is 4.56. The molecule has 0 saturated carbocycles. The maximum Gasteiger partial charge on any atom is 0.255 e. The largest absolute Gasteiger partial charge is 0.390 e. The predicted molar refractivity (Wildman–Crippen MR) is 119 cm³/mol. The van der Waals surface area contributed by atoms with E-state index in [2.05, 4.69) is 25.9 Å². The Labute approximate surface area is 178 Å². The lowest BCUT2D eigenvalue weighted by Gasteiger charge is -2.29. The van der Waals surface area contributed by atoms with Gasteiger partial charge in [-0.2, -0.15) is 10.2 Å². The number of aromatic amines is 1. The van der Waals surface area contributed by atoms with Gasteiger partial charge in [0, 0.05) is 22.8 Å².